The SMILES string of the molecule is CC1Cc2ccccc2N1CCNC(=O)c1cn(C2CCNCC2)nn1.Cl.Cl. The fourth-order valence-corrected chi connectivity index (χ4v) is 3.98. The van der Waals surface area contributed by atoms with Crippen molar-refractivity contribution in [2.24, 2.45) is 0 Å². The number of carbonyl (C=O) groups is 1. The summed E-state index contributed by atoms with van der Waals surface area (Å²) < 4.78 is 1.84. The Bertz CT molecular complexity index is 777. The van der Waals surface area contributed by atoms with E-state index in [0.29, 0.717) is 24.3 Å². The first kappa shape index (κ1) is 22.5. The molecule has 154 valence electrons. The largest absolute Gasteiger partial charge is 0.367 e. The molecule has 9 heteroatoms. The molecule has 2 aliphatic rings. The summed E-state index contributed by atoms with van der Waals surface area (Å²) in [6, 6.07) is 9.30. The van der Waals surface area contributed by atoms with Crippen LogP contribution in [-0.2, 0) is 6.42 Å². The molecule has 2 aliphatic heterocycles. The van der Waals surface area contributed by atoms with E-state index in [2.05, 4.69) is 57.0 Å². The third kappa shape index (κ3) is 4.77. The van der Waals surface area contributed by atoms with Gasteiger partial charge in [0, 0.05) is 24.8 Å². The Morgan fingerprint density at radius 2 is 2.00 bits per heavy atom. The van der Waals surface area contributed by atoms with Crippen LogP contribution in [0.5, 0.6) is 0 Å². The molecule has 2 N–H and O–H groups in total. The van der Waals surface area contributed by atoms with Gasteiger partial charge in [0.1, 0.15) is 0 Å². The van der Waals surface area contributed by atoms with Crippen LogP contribution >= 0.6 is 24.8 Å². The third-order valence-corrected chi connectivity index (χ3v) is 5.41. The Morgan fingerprint density at radius 1 is 1.25 bits per heavy atom. The smallest absolute Gasteiger partial charge is 0.273 e. The Kier molecular flexibility index (Phi) is 8.10. The molecule has 1 amide bonds. The van der Waals surface area contributed by atoms with Crippen LogP contribution in [0, 0.1) is 0 Å². The second kappa shape index (κ2) is 10.1. The van der Waals surface area contributed by atoms with E-state index in [9.17, 15) is 4.79 Å². The summed E-state index contributed by atoms with van der Waals surface area (Å²) in [6.07, 6.45) is 4.89. The van der Waals surface area contributed by atoms with Crippen molar-refractivity contribution in [3.63, 3.8) is 0 Å². The lowest BCUT2D eigenvalue weighted by atomic mass is 10.1. The second-order valence-electron chi connectivity index (χ2n) is 7.20. The maximum atomic E-state index is 12.4. The molecule has 0 spiro atoms. The molecule has 0 bridgehead atoms. The minimum Gasteiger partial charge on any atom is -0.367 e. The molecule has 1 unspecified atom stereocenters. The summed E-state index contributed by atoms with van der Waals surface area (Å²) in [4.78, 5) is 14.7. The van der Waals surface area contributed by atoms with Crippen LogP contribution in [-0.4, -0.2) is 53.1 Å². The van der Waals surface area contributed by atoms with Crippen molar-refractivity contribution in [1.29, 1.82) is 0 Å². The minimum absolute atomic E-state index is 0. The van der Waals surface area contributed by atoms with E-state index in [1.54, 1.807) is 6.20 Å². The molecule has 7 nitrogen and oxygen atoms in total. The normalized spacial score (nSPS) is 18.8. The van der Waals surface area contributed by atoms with Crippen molar-refractivity contribution in [1.82, 2.24) is 25.6 Å². The van der Waals surface area contributed by atoms with Crippen molar-refractivity contribution in [3.8, 4) is 0 Å². The molecule has 1 aromatic heterocycles. The topological polar surface area (TPSA) is 75.1 Å². The van der Waals surface area contributed by atoms with Crippen LogP contribution in [0.2, 0.25) is 0 Å². The van der Waals surface area contributed by atoms with Gasteiger partial charge in [-0.05, 0) is 50.9 Å². The van der Waals surface area contributed by atoms with Crippen molar-refractivity contribution in [3.05, 3.63) is 41.7 Å². The lowest BCUT2D eigenvalue weighted by molar-refractivity contribution is 0.0949. The van der Waals surface area contributed by atoms with E-state index in [4.69, 9.17) is 0 Å². The van der Waals surface area contributed by atoms with Crippen LogP contribution in [0.3, 0.4) is 0 Å². The van der Waals surface area contributed by atoms with Crippen LogP contribution < -0.4 is 15.5 Å². The zero-order valence-corrected chi connectivity index (χ0v) is 17.6. The van der Waals surface area contributed by atoms with E-state index in [-0.39, 0.29) is 30.7 Å². The number of hydrogen-bond donors (Lipinski definition) is 2. The number of carbonyl (C=O) groups excluding carboxylic acids is 1. The number of halogens is 2. The Balaban J connectivity index is 0.00000140. The maximum absolute atomic E-state index is 12.4. The predicted octanol–water partition coefficient (Wildman–Crippen LogP) is 2.23. The molecule has 1 fully saturated rings. The zero-order valence-electron chi connectivity index (χ0n) is 16.0. The van der Waals surface area contributed by atoms with Gasteiger partial charge in [0.05, 0.1) is 12.2 Å². The van der Waals surface area contributed by atoms with Crippen LogP contribution in [0.15, 0.2) is 30.5 Å². The number of aromatic nitrogens is 3. The number of amides is 1. The number of nitrogens with one attached hydrogen (secondary N) is 2. The highest BCUT2D eigenvalue weighted by molar-refractivity contribution is 5.91. The van der Waals surface area contributed by atoms with Gasteiger partial charge in [-0.3, -0.25) is 4.79 Å². The highest BCUT2D eigenvalue weighted by Crippen LogP contribution is 2.31. The maximum Gasteiger partial charge on any atom is 0.273 e. The monoisotopic (exact) mass is 426 g/mol. The number of para-hydroxylation sites is 1. The first-order valence-corrected chi connectivity index (χ1v) is 9.47. The van der Waals surface area contributed by atoms with Crippen LogP contribution in [0.1, 0.15) is 41.9 Å². The molecule has 2 aromatic rings. The number of benzene rings is 1. The Hall–Kier alpha value is -1.83. The molecule has 3 heterocycles. The fourth-order valence-electron chi connectivity index (χ4n) is 3.98. The van der Waals surface area contributed by atoms with Crippen molar-refractivity contribution in [2.75, 3.05) is 31.1 Å². The standard InChI is InChI=1S/C19H26N6O.2ClH/c1-14-12-15-4-2-3-5-18(15)24(14)11-10-21-19(26)17-13-25(23-22-17)16-6-8-20-9-7-16;;/h2-5,13-14,16,20H,6-12H2,1H3,(H,21,26);2*1H. The lowest BCUT2D eigenvalue weighted by Crippen LogP contribution is -2.38. The predicted molar refractivity (Wildman–Crippen MR) is 115 cm³/mol. The summed E-state index contributed by atoms with van der Waals surface area (Å²) in [5.74, 6) is -0.148. The molecular weight excluding hydrogens is 399 g/mol. The quantitative estimate of drug-likeness (QED) is 0.766. The van der Waals surface area contributed by atoms with Gasteiger partial charge in [-0.1, -0.05) is 23.4 Å². The van der Waals surface area contributed by atoms with Gasteiger partial charge in [0.2, 0.25) is 0 Å². The second-order valence-corrected chi connectivity index (χ2v) is 7.20. The molecule has 0 saturated carbocycles. The van der Waals surface area contributed by atoms with E-state index < -0.39 is 0 Å². The molecule has 1 aromatic carbocycles. The highest BCUT2D eigenvalue weighted by Gasteiger charge is 2.25. The van der Waals surface area contributed by atoms with Gasteiger partial charge in [0.15, 0.2) is 5.69 Å². The van der Waals surface area contributed by atoms with Crippen LogP contribution in [0.25, 0.3) is 0 Å². The lowest BCUT2D eigenvalue weighted by Gasteiger charge is -2.24. The Morgan fingerprint density at radius 3 is 2.79 bits per heavy atom. The summed E-state index contributed by atoms with van der Waals surface area (Å²) in [7, 11) is 0. The van der Waals surface area contributed by atoms with Crippen molar-refractivity contribution >= 4 is 36.4 Å². The van der Waals surface area contributed by atoms with Crippen LogP contribution in [0.4, 0.5) is 5.69 Å². The number of nitrogens with zero attached hydrogens (tertiary/aromatic N) is 4. The van der Waals surface area contributed by atoms with E-state index >= 15 is 0 Å². The summed E-state index contributed by atoms with van der Waals surface area (Å²) in [5.41, 5.74) is 3.07. The number of anilines is 1. The summed E-state index contributed by atoms with van der Waals surface area (Å²) in [5, 5.41) is 14.5. The minimum atomic E-state index is -0.148. The molecule has 0 aliphatic carbocycles. The van der Waals surface area contributed by atoms with Gasteiger partial charge < -0.3 is 15.5 Å². The Labute approximate surface area is 178 Å². The fraction of sp³-hybridized carbons (Fsp3) is 0.526. The molecule has 28 heavy (non-hydrogen) atoms. The number of piperidine rings is 1. The summed E-state index contributed by atoms with van der Waals surface area (Å²) >= 11 is 0. The van der Waals surface area contributed by atoms with Gasteiger partial charge >= 0.3 is 0 Å². The molecule has 1 atom stereocenters. The average Bonchev–Trinajstić information content (AvgIpc) is 3.28. The first-order chi connectivity index (χ1) is 12.7. The highest BCUT2D eigenvalue weighted by atomic mass is 35.5. The molecule has 4 rings (SSSR count). The third-order valence-electron chi connectivity index (χ3n) is 5.41. The van der Waals surface area contributed by atoms with E-state index in [1.165, 1.54) is 11.3 Å². The van der Waals surface area contributed by atoms with Gasteiger partial charge in [-0.15, -0.1) is 29.9 Å². The van der Waals surface area contributed by atoms with Gasteiger partial charge in [0.25, 0.3) is 5.91 Å². The number of fused-ring (bicyclic) bond motifs is 1. The molecule has 1 saturated heterocycles. The number of hydrogen-bond acceptors (Lipinski definition) is 5. The van der Waals surface area contributed by atoms with E-state index in [0.717, 1.165) is 38.9 Å². The van der Waals surface area contributed by atoms with Crippen molar-refractivity contribution in [2.45, 2.75) is 38.3 Å². The average molecular weight is 427 g/mol. The molecular formula is C19H28Cl2N6O. The first-order valence-electron chi connectivity index (χ1n) is 9.47. The number of rotatable bonds is 5. The zero-order chi connectivity index (χ0) is 17.9. The van der Waals surface area contributed by atoms with Gasteiger partial charge in [-0.2, -0.15) is 0 Å². The molecule has 0 radical (unpaired) electrons. The van der Waals surface area contributed by atoms with Crippen molar-refractivity contribution < 1.29 is 4.79 Å². The summed E-state index contributed by atoms with van der Waals surface area (Å²) in [6.45, 7) is 5.60. The van der Waals surface area contributed by atoms with Gasteiger partial charge in [-0.25, -0.2) is 4.68 Å². The van der Waals surface area contributed by atoms with E-state index in [1.807, 2.05) is 4.68 Å².